The van der Waals surface area contributed by atoms with Crippen LogP contribution in [0.15, 0.2) is 36.4 Å². The van der Waals surface area contributed by atoms with Crippen molar-refractivity contribution in [3.8, 4) is 22.8 Å². The SMILES string of the molecule is Cc1cc(-c2c(C(C)C)nc(OC34CC(C(=O)O)(C3)C4)c3cc(O)ccc23)ccc1F. The largest absolute Gasteiger partial charge is 0.508 e. The summed E-state index contributed by atoms with van der Waals surface area (Å²) in [7, 11) is 0. The van der Waals surface area contributed by atoms with Crippen LogP contribution in [0.2, 0.25) is 0 Å². The summed E-state index contributed by atoms with van der Waals surface area (Å²) < 4.78 is 20.2. The summed E-state index contributed by atoms with van der Waals surface area (Å²) in [5, 5.41) is 21.1. The topological polar surface area (TPSA) is 79.7 Å². The summed E-state index contributed by atoms with van der Waals surface area (Å²) in [6, 6.07) is 10.1. The molecule has 3 fully saturated rings. The first-order valence-electron chi connectivity index (χ1n) is 10.5. The Morgan fingerprint density at radius 3 is 2.45 bits per heavy atom. The van der Waals surface area contributed by atoms with Crippen molar-refractivity contribution >= 4 is 16.7 Å². The molecular weight excluding hydrogens is 397 g/mol. The molecule has 2 bridgehead atoms. The normalized spacial score (nSPS) is 24.0. The van der Waals surface area contributed by atoms with Crippen LogP contribution in [0.3, 0.4) is 0 Å². The predicted octanol–water partition coefficient (Wildman–Crippen LogP) is 5.56. The Labute approximate surface area is 179 Å². The molecule has 160 valence electrons. The number of aromatic nitrogens is 1. The minimum atomic E-state index is -0.765. The number of aliphatic carboxylic acids is 1. The van der Waals surface area contributed by atoms with Crippen LogP contribution in [0.1, 0.15) is 50.3 Å². The number of benzene rings is 2. The lowest BCUT2D eigenvalue weighted by Gasteiger charge is -2.66. The summed E-state index contributed by atoms with van der Waals surface area (Å²) in [6.45, 7) is 5.81. The molecule has 0 amide bonds. The van der Waals surface area contributed by atoms with Crippen LogP contribution in [0.4, 0.5) is 4.39 Å². The zero-order valence-electron chi connectivity index (χ0n) is 17.7. The van der Waals surface area contributed by atoms with E-state index in [2.05, 4.69) is 0 Å². The summed E-state index contributed by atoms with van der Waals surface area (Å²) in [5.41, 5.74) is 1.97. The van der Waals surface area contributed by atoms with Gasteiger partial charge in [-0.25, -0.2) is 9.37 Å². The number of carbonyl (C=O) groups is 1. The van der Waals surface area contributed by atoms with Crippen molar-refractivity contribution in [1.29, 1.82) is 0 Å². The number of phenols is 1. The van der Waals surface area contributed by atoms with Gasteiger partial charge in [0, 0.05) is 30.2 Å². The zero-order valence-corrected chi connectivity index (χ0v) is 17.7. The van der Waals surface area contributed by atoms with Gasteiger partial charge in [-0.1, -0.05) is 19.9 Å². The Morgan fingerprint density at radius 2 is 1.84 bits per heavy atom. The molecule has 3 aromatic rings. The molecule has 0 radical (unpaired) electrons. The van der Waals surface area contributed by atoms with E-state index in [1.165, 1.54) is 6.07 Å². The molecule has 1 heterocycles. The lowest BCUT2D eigenvalue weighted by atomic mass is 9.41. The van der Waals surface area contributed by atoms with Crippen molar-refractivity contribution in [3.63, 3.8) is 0 Å². The first-order chi connectivity index (χ1) is 14.6. The molecule has 31 heavy (non-hydrogen) atoms. The Bertz CT molecular complexity index is 1230. The molecule has 6 rings (SSSR count). The molecule has 3 aliphatic rings. The number of rotatable bonds is 5. The van der Waals surface area contributed by atoms with E-state index in [1.54, 1.807) is 25.1 Å². The number of halogens is 1. The smallest absolute Gasteiger partial charge is 0.310 e. The number of nitrogens with zero attached hydrogens (tertiary/aromatic N) is 1. The van der Waals surface area contributed by atoms with Gasteiger partial charge < -0.3 is 14.9 Å². The molecular formula is C25H24FNO4. The van der Waals surface area contributed by atoms with E-state index in [4.69, 9.17) is 9.72 Å². The Balaban J connectivity index is 1.67. The number of aryl methyl sites for hydroxylation is 1. The number of pyridine rings is 1. The van der Waals surface area contributed by atoms with E-state index in [1.807, 2.05) is 26.0 Å². The fraction of sp³-hybridized carbons (Fsp3) is 0.360. The average Bonchev–Trinajstić information content (AvgIpc) is 2.64. The van der Waals surface area contributed by atoms with E-state index in [-0.39, 0.29) is 17.5 Å². The first-order valence-corrected chi connectivity index (χ1v) is 10.5. The number of ether oxygens (including phenoxy) is 1. The fourth-order valence-electron chi connectivity index (χ4n) is 5.12. The molecule has 0 atom stereocenters. The van der Waals surface area contributed by atoms with Crippen LogP contribution in [0.5, 0.6) is 11.6 Å². The van der Waals surface area contributed by atoms with Gasteiger partial charge in [0.05, 0.1) is 11.1 Å². The highest BCUT2D eigenvalue weighted by atomic mass is 19.1. The summed E-state index contributed by atoms with van der Waals surface area (Å²) in [5.74, 6) is -0.452. The van der Waals surface area contributed by atoms with E-state index < -0.39 is 17.0 Å². The van der Waals surface area contributed by atoms with Crippen LogP contribution < -0.4 is 4.74 Å². The summed E-state index contributed by atoms with van der Waals surface area (Å²) >= 11 is 0. The van der Waals surface area contributed by atoms with Gasteiger partial charge in [-0.2, -0.15) is 0 Å². The number of carboxylic acid groups (broad SMARTS) is 1. The summed E-state index contributed by atoms with van der Waals surface area (Å²) in [6.07, 6.45) is 1.44. The third kappa shape index (κ3) is 2.88. The van der Waals surface area contributed by atoms with Gasteiger partial charge in [0.1, 0.15) is 17.2 Å². The third-order valence-corrected chi connectivity index (χ3v) is 6.72. The van der Waals surface area contributed by atoms with Crippen molar-refractivity contribution in [1.82, 2.24) is 4.98 Å². The van der Waals surface area contributed by atoms with Crippen LogP contribution in [-0.2, 0) is 4.79 Å². The Hall–Kier alpha value is -3.15. The Morgan fingerprint density at radius 1 is 1.13 bits per heavy atom. The number of hydrogen-bond donors (Lipinski definition) is 2. The maximum atomic E-state index is 13.9. The van der Waals surface area contributed by atoms with Gasteiger partial charge in [0.25, 0.3) is 0 Å². The second kappa shape index (κ2) is 6.42. The van der Waals surface area contributed by atoms with Crippen molar-refractivity contribution in [2.75, 3.05) is 0 Å². The second-order valence-electron chi connectivity index (χ2n) is 9.43. The van der Waals surface area contributed by atoms with Gasteiger partial charge in [0.2, 0.25) is 5.88 Å². The summed E-state index contributed by atoms with van der Waals surface area (Å²) in [4.78, 5) is 16.3. The Kier molecular flexibility index (Phi) is 4.10. The molecule has 6 heteroatoms. The quantitative estimate of drug-likeness (QED) is 0.563. The minimum Gasteiger partial charge on any atom is -0.508 e. The molecule has 0 spiro atoms. The predicted molar refractivity (Wildman–Crippen MR) is 115 cm³/mol. The van der Waals surface area contributed by atoms with Gasteiger partial charge >= 0.3 is 5.97 Å². The molecule has 0 unspecified atom stereocenters. The number of carboxylic acids is 1. The maximum absolute atomic E-state index is 13.9. The number of phenolic OH excluding ortho intramolecular Hbond substituents is 1. The third-order valence-electron chi connectivity index (χ3n) is 6.72. The highest BCUT2D eigenvalue weighted by Gasteiger charge is 2.74. The molecule has 0 saturated heterocycles. The lowest BCUT2D eigenvalue weighted by Crippen LogP contribution is -2.72. The monoisotopic (exact) mass is 421 g/mol. The van der Waals surface area contributed by atoms with Crippen LogP contribution >= 0.6 is 0 Å². The fourth-order valence-corrected chi connectivity index (χ4v) is 5.12. The van der Waals surface area contributed by atoms with Crippen molar-refractivity contribution < 1.29 is 24.1 Å². The highest BCUT2D eigenvalue weighted by Crippen LogP contribution is 2.69. The van der Waals surface area contributed by atoms with Crippen LogP contribution in [0.25, 0.3) is 21.9 Å². The maximum Gasteiger partial charge on any atom is 0.310 e. The average molecular weight is 421 g/mol. The van der Waals surface area contributed by atoms with Crippen molar-refractivity contribution in [2.24, 2.45) is 5.41 Å². The first kappa shape index (κ1) is 19.8. The molecule has 3 saturated carbocycles. The van der Waals surface area contributed by atoms with Crippen molar-refractivity contribution in [2.45, 2.75) is 51.6 Å². The standard InChI is InChI=1S/C25H24FNO4/c1-13(2)21-20(15-4-7-19(26)14(3)8-15)17-6-5-16(28)9-18(17)22(27-21)31-25-10-24(11-25,12-25)23(29)30/h4-9,13,28H,10-12H2,1-3H3,(H,29,30). The van der Waals surface area contributed by atoms with Crippen LogP contribution in [-0.4, -0.2) is 26.8 Å². The molecule has 5 nitrogen and oxygen atoms in total. The molecule has 0 aliphatic heterocycles. The van der Waals surface area contributed by atoms with E-state index in [0.29, 0.717) is 36.1 Å². The number of fused-ring (bicyclic) bond motifs is 1. The van der Waals surface area contributed by atoms with E-state index in [9.17, 15) is 19.4 Å². The van der Waals surface area contributed by atoms with E-state index in [0.717, 1.165) is 22.2 Å². The van der Waals surface area contributed by atoms with Crippen molar-refractivity contribution in [3.05, 3.63) is 53.5 Å². The van der Waals surface area contributed by atoms with Gasteiger partial charge in [-0.15, -0.1) is 0 Å². The second-order valence-corrected chi connectivity index (χ2v) is 9.43. The van der Waals surface area contributed by atoms with Gasteiger partial charge in [-0.05, 0) is 59.7 Å². The molecule has 2 aromatic carbocycles. The van der Waals surface area contributed by atoms with Gasteiger partial charge in [0.15, 0.2) is 0 Å². The van der Waals surface area contributed by atoms with Gasteiger partial charge in [-0.3, -0.25) is 4.79 Å². The zero-order chi connectivity index (χ0) is 22.1. The van der Waals surface area contributed by atoms with E-state index >= 15 is 0 Å². The molecule has 2 N–H and O–H groups in total. The highest BCUT2D eigenvalue weighted by molar-refractivity contribution is 6.01. The lowest BCUT2D eigenvalue weighted by molar-refractivity contribution is -0.248. The number of aromatic hydroxyl groups is 1. The molecule has 3 aliphatic carbocycles. The number of hydrogen-bond acceptors (Lipinski definition) is 4. The minimum absolute atomic E-state index is 0.0688. The van der Waals surface area contributed by atoms with Crippen LogP contribution in [0, 0.1) is 18.2 Å². The molecule has 1 aromatic heterocycles.